The van der Waals surface area contributed by atoms with Gasteiger partial charge in [-0.25, -0.2) is 17.6 Å². The summed E-state index contributed by atoms with van der Waals surface area (Å²) >= 11 is 5.46. The molecule has 0 spiro atoms. The summed E-state index contributed by atoms with van der Waals surface area (Å²) in [5.74, 6) is -4.96. The van der Waals surface area contributed by atoms with Crippen LogP contribution in [0.1, 0.15) is 18.4 Å². The SMILES string of the molecule is NC1(c2c(F)ccc(Cl)c2F)CC(F)(F)C1. The molecule has 0 saturated heterocycles. The fourth-order valence-corrected chi connectivity index (χ4v) is 2.19. The highest BCUT2D eigenvalue weighted by Crippen LogP contribution is 2.51. The number of halogens is 5. The van der Waals surface area contributed by atoms with E-state index in [4.69, 9.17) is 17.3 Å². The summed E-state index contributed by atoms with van der Waals surface area (Å²) in [5.41, 5.74) is 3.34. The number of rotatable bonds is 1. The standard InChI is InChI=1S/C10H8ClF4N/c11-5-1-2-6(12)7(8(5)13)9(16)3-10(14,15)4-9/h1-2H,3-4,16H2. The molecule has 0 amide bonds. The van der Waals surface area contributed by atoms with E-state index in [2.05, 4.69) is 0 Å². The van der Waals surface area contributed by atoms with Gasteiger partial charge in [0.05, 0.1) is 10.6 Å². The summed E-state index contributed by atoms with van der Waals surface area (Å²) in [5, 5.41) is -0.323. The van der Waals surface area contributed by atoms with Crippen LogP contribution in [0.15, 0.2) is 12.1 Å². The van der Waals surface area contributed by atoms with E-state index >= 15 is 0 Å². The minimum Gasteiger partial charge on any atom is -0.321 e. The van der Waals surface area contributed by atoms with Gasteiger partial charge < -0.3 is 5.73 Å². The first-order chi connectivity index (χ1) is 7.25. The smallest absolute Gasteiger partial charge is 0.252 e. The van der Waals surface area contributed by atoms with Crippen molar-refractivity contribution in [3.8, 4) is 0 Å². The molecule has 1 nitrogen and oxygen atoms in total. The summed E-state index contributed by atoms with van der Waals surface area (Å²) < 4.78 is 52.4. The lowest BCUT2D eigenvalue weighted by molar-refractivity contribution is -0.126. The Morgan fingerprint density at radius 1 is 1.19 bits per heavy atom. The molecule has 6 heteroatoms. The molecule has 0 aromatic heterocycles. The van der Waals surface area contributed by atoms with Gasteiger partial charge in [-0.05, 0) is 12.1 Å². The maximum atomic E-state index is 13.5. The molecule has 0 atom stereocenters. The van der Waals surface area contributed by atoms with Crippen LogP contribution in [0.25, 0.3) is 0 Å². The van der Waals surface area contributed by atoms with Gasteiger partial charge in [0.2, 0.25) is 0 Å². The first-order valence-corrected chi connectivity index (χ1v) is 4.94. The van der Waals surface area contributed by atoms with Crippen LogP contribution in [0.3, 0.4) is 0 Å². The molecule has 1 aromatic rings. The zero-order chi connectivity index (χ0) is 12.1. The quantitative estimate of drug-likeness (QED) is 0.604. The van der Waals surface area contributed by atoms with Crippen molar-refractivity contribution in [2.24, 2.45) is 5.73 Å². The Balaban J connectivity index is 2.46. The van der Waals surface area contributed by atoms with Crippen LogP contribution in [-0.2, 0) is 5.54 Å². The summed E-state index contributed by atoms with van der Waals surface area (Å²) in [6.45, 7) is 0. The number of nitrogens with two attached hydrogens (primary N) is 1. The second-order valence-electron chi connectivity index (χ2n) is 4.08. The second kappa shape index (κ2) is 3.34. The molecule has 1 aliphatic rings. The molecule has 1 aromatic carbocycles. The third-order valence-corrected chi connectivity index (χ3v) is 2.98. The minimum atomic E-state index is -2.96. The average Bonchev–Trinajstić information content (AvgIpc) is 2.08. The zero-order valence-electron chi connectivity index (χ0n) is 8.04. The molecule has 2 rings (SSSR count). The number of hydrogen-bond donors (Lipinski definition) is 1. The molecule has 1 aliphatic carbocycles. The molecule has 0 heterocycles. The van der Waals surface area contributed by atoms with Crippen molar-refractivity contribution >= 4 is 11.6 Å². The van der Waals surface area contributed by atoms with Gasteiger partial charge in [-0.3, -0.25) is 0 Å². The van der Waals surface area contributed by atoms with Crippen LogP contribution in [0, 0.1) is 11.6 Å². The highest BCUT2D eigenvalue weighted by molar-refractivity contribution is 6.30. The van der Waals surface area contributed by atoms with Crippen molar-refractivity contribution in [1.29, 1.82) is 0 Å². The molecular formula is C10H8ClF4N. The molecule has 88 valence electrons. The lowest BCUT2D eigenvalue weighted by atomic mass is 9.69. The van der Waals surface area contributed by atoms with Crippen molar-refractivity contribution in [3.63, 3.8) is 0 Å². The van der Waals surface area contributed by atoms with Gasteiger partial charge in [0.15, 0.2) is 0 Å². The van der Waals surface area contributed by atoms with Gasteiger partial charge in [-0.1, -0.05) is 11.6 Å². The summed E-state index contributed by atoms with van der Waals surface area (Å²) in [7, 11) is 0. The Kier molecular flexibility index (Phi) is 2.44. The molecular weight excluding hydrogens is 246 g/mol. The Labute approximate surface area is 94.2 Å². The highest BCUT2D eigenvalue weighted by Gasteiger charge is 2.57. The third-order valence-electron chi connectivity index (χ3n) is 2.69. The van der Waals surface area contributed by atoms with E-state index in [1.165, 1.54) is 0 Å². The van der Waals surface area contributed by atoms with E-state index in [0.29, 0.717) is 0 Å². The largest absolute Gasteiger partial charge is 0.321 e. The van der Waals surface area contributed by atoms with E-state index in [0.717, 1.165) is 12.1 Å². The van der Waals surface area contributed by atoms with E-state index in [9.17, 15) is 17.6 Å². The topological polar surface area (TPSA) is 26.0 Å². The summed E-state index contributed by atoms with van der Waals surface area (Å²) in [6, 6.07) is 1.95. The number of benzene rings is 1. The van der Waals surface area contributed by atoms with Crippen LogP contribution in [0.2, 0.25) is 5.02 Å². The van der Waals surface area contributed by atoms with E-state index in [-0.39, 0.29) is 5.02 Å². The average molecular weight is 254 g/mol. The normalized spacial score (nSPS) is 21.6. The molecule has 0 radical (unpaired) electrons. The Morgan fingerprint density at radius 3 is 2.25 bits per heavy atom. The molecule has 0 bridgehead atoms. The van der Waals surface area contributed by atoms with E-state index in [1.807, 2.05) is 0 Å². The second-order valence-corrected chi connectivity index (χ2v) is 4.49. The van der Waals surface area contributed by atoms with E-state index < -0.39 is 41.5 Å². The third kappa shape index (κ3) is 1.68. The fraction of sp³-hybridized carbons (Fsp3) is 0.400. The summed E-state index contributed by atoms with van der Waals surface area (Å²) in [6.07, 6.45) is -1.54. The van der Waals surface area contributed by atoms with Gasteiger partial charge in [0.1, 0.15) is 11.6 Å². The van der Waals surface area contributed by atoms with Crippen molar-refractivity contribution in [1.82, 2.24) is 0 Å². The highest BCUT2D eigenvalue weighted by atomic mass is 35.5. The molecule has 1 fully saturated rings. The zero-order valence-corrected chi connectivity index (χ0v) is 8.79. The van der Waals surface area contributed by atoms with Gasteiger partial charge in [0.25, 0.3) is 5.92 Å². The van der Waals surface area contributed by atoms with Gasteiger partial charge in [0, 0.05) is 18.4 Å². The first kappa shape index (κ1) is 11.7. The van der Waals surface area contributed by atoms with Crippen molar-refractivity contribution in [3.05, 3.63) is 34.4 Å². The maximum Gasteiger partial charge on any atom is 0.252 e. The monoisotopic (exact) mass is 253 g/mol. The van der Waals surface area contributed by atoms with Crippen molar-refractivity contribution < 1.29 is 17.6 Å². The Bertz CT molecular complexity index is 439. The number of alkyl halides is 2. The molecule has 0 unspecified atom stereocenters. The van der Waals surface area contributed by atoms with Crippen LogP contribution in [0.4, 0.5) is 17.6 Å². The molecule has 16 heavy (non-hydrogen) atoms. The van der Waals surface area contributed by atoms with Crippen LogP contribution in [-0.4, -0.2) is 5.92 Å². The Morgan fingerprint density at radius 2 is 1.75 bits per heavy atom. The van der Waals surface area contributed by atoms with Crippen molar-refractivity contribution in [2.75, 3.05) is 0 Å². The Hall–Kier alpha value is -0.810. The van der Waals surface area contributed by atoms with Gasteiger partial charge >= 0.3 is 0 Å². The fourth-order valence-electron chi connectivity index (χ4n) is 2.03. The first-order valence-electron chi connectivity index (χ1n) is 4.56. The predicted octanol–water partition coefficient (Wildman–Crippen LogP) is 3.20. The lowest BCUT2D eigenvalue weighted by Gasteiger charge is -2.44. The number of hydrogen-bond acceptors (Lipinski definition) is 1. The molecule has 2 N–H and O–H groups in total. The van der Waals surface area contributed by atoms with E-state index in [1.54, 1.807) is 0 Å². The van der Waals surface area contributed by atoms with Crippen LogP contribution >= 0.6 is 11.6 Å². The summed E-state index contributed by atoms with van der Waals surface area (Å²) in [4.78, 5) is 0. The maximum absolute atomic E-state index is 13.5. The van der Waals surface area contributed by atoms with Crippen molar-refractivity contribution in [2.45, 2.75) is 24.3 Å². The lowest BCUT2D eigenvalue weighted by Crippen LogP contribution is -2.56. The van der Waals surface area contributed by atoms with Gasteiger partial charge in [-0.2, -0.15) is 0 Å². The van der Waals surface area contributed by atoms with Gasteiger partial charge in [-0.15, -0.1) is 0 Å². The van der Waals surface area contributed by atoms with Crippen LogP contribution < -0.4 is 5.73 Å². The van der Waals surface area contributed by atoms with Crippen LogP contribution in [0.5, 0.6) is 0 Å². The minimum absolute atomic E-state index is 0.323. The molecule has 1 saturated carbocycles. The molecule has 0 aliphatic heterocycles. The predicted molar refractivity (Wildman–Crippen MR) is 51.4 cm³/mol.